The third kappa shape index (κ3) is 8.18. The molecule has 0 saturated carbocycles. The lowest BCUT2D eigenvalue weighted by atomic mass is 9.20. The first-order valence-electron chi connectivity index (χ1n) is 29.8. The zero-order chi connectivity index (χ0) is 55.4. The van der Waals surface area contributed by atoms with E-state index in [1.807, 2.05) is 0 Å². The Morgan fingerprint density at radius 2 is 0.684 bits per heavy atom. The molecule has 0 radical (unpaired) electrons. The molecule has 0 amide bonds. The lowest BCUT2D eigenvalue weighted by Crippen LogP contribution is -2.76. The molecule has 79 heavy (non-hydrogen) atoms. The molecule has 0 saturated heterocycles. The third-order valence-corrected chi connectivity index (χ3v) is 18.8. The van der Waals surface area contributed by atoms with Crippen molar-refractivity contribution in [2.24, 2.45) is 0 Å². The van der Waals surface area contributed by atoms with E-state index in [2.05, 4.69) is 290 Å². The normalized spacial score (nSPS) is 14.8. The molecule has 1 nitrogen and oxygen atoms in total. The standard InChI is InChI=1S/C76H79B2N/c1-46(2)54-41-57(48(5)6)73(58(42-54)49(7)8)77-67-34-21-22-35-68(67)78(74-59(50(9)10)43-55(47(3)4)44-60(74)51(11)12)70-45-53(38-39-69(70)77)52-26-25-27-56(40-52)79-71-36-23-19-32-65(71)76(66-33-20-24-37-72(66)79)63-30-17-15-28-61(63)75(13,14)62-29-16-18-31-64(62)76/h15-51H,1-14H3. The Kier molecular flexibility index (Phi) is 13.3. The fraction of sp³-hybridized carbons (Fsp3) is 0.289. The van der Waals surface area contributed by atoms with Gasteiger partial charge < -0.3 is 4.90 Å². The van der Waals surface area contributed by atoms with Gasteiger partial charge in [0.15, 0.2) is 0 Å². The first-order valence-corrected chi connectivity index (χ1v) is 29.8. The quantitative estimate of drug-likeness (QED) is 0.123. The Morgan fingerprint density at radius 3 is 1.11 bits per heavy atom. The van der Waals surface area contributed by atoms with Gasteiger partial charge >= 0.3 is 0 Å². The maximum Gasteiger partial charge on any atom is 0.240 e. The van der Waals surface area contributed by atoms with Crippen LogP contribution < -0.4 is 37.7 Å². The average molecular weight is 1030 g/mol. The molecule has 0 fully saturated rings. The molecule has 3 heteroatoms. The van der Waals surface area contributed by atoms with Crippen LogP contribution in [-0.4, -0.2) is 13.4 Å². The van der Waals surface area contributed by atoms with Crippen LogP contribution in [0.5, 0.6) is 0 Å². The van der Waals surface area contributed by atoms with Gasteiger partial charge in [-0.15, -0.1) is 0 Å². The number of hydrogen-bond acceptors (Lipinski definition) is 1. The van der Waals surface area contributed by atoms with Crippen molar-refractivity contribution in [2.45, 2.75) is 143 Å². The molecule has 2 heterocycles. The van der Waals surface area contributed by atoms with Gasteiger partial charge in [-0.25, -0.2) is 0 Å². The molecule has 0 aromatic heterocycles. The van der Waals surface area contributed by atoms with Crippen molar-refractivity contribution in [3.05, 3.63) is 255 Å². The highest BCUT2D eigenvalue weighted by Gasteiger charge is 2.53. The summed E-state index contributed by atoms with van der Waals surface area (Å²) in [6, 6.07) is 74.0. The van der Waals surface area contributed by atoms with Crippen molar-refractivity contribution < 1.29 is 0 Å². The van der Waals surface area contributed by atoms with Crippen LogP contribution >= 0.6 is 0 Å². The summed E-state index contributed by atoms with van der Waals surface area (Å²) in [7, 11) is 0. The van der Waals surface area contributed by atoms with Crippen molar-refractivity contribution in [3.63, 3.8) is 0 Å². The number of rotatable bonds is 10. The Labute approximate surface area is 474 Å². The average Bonchev–Trinajstić information content (AvgIpc) is 2.36. The Hall–Kier alpha value is -7.09. The number of anilines is 3. The summed E-state index contributed by atoms with van der Waals surface area (Å²) in [6.45, 7) is 33.7. The number of para-hydroxylation sites is 2. The smallest absolute Gasteiger partial charge is 0.240 e. The molecular weight excluding hydrogens is 948 g/mol. The number of nitrogens with zero attached hydrogens (tertiary/aromatic N) is 1. The molecular formula is C76H79B2N. The van der Waals surface area contributed by atoms with E-state index in [1.165, 1.54) is 122 Å². The van der Waals surface area contributed by atoms with Gasteiger partial charge in [0.05, 0.1) is 16.8 Å². The highest BCUT2D eigenvalue weighted by atomic mass is 15.2. The molecule has 3 aliphatic rings. The van der Waals surface area contributed by atoms with E-state index < -0.39 is 5.41 Å². The molecule has 2 aliphatic heterocycles. The largest absolute Gasteiger partial charge is 0.310 e. The fourth-order valence-electron chi connectivity index (χ4n) is 14.9. The molecule has 9 aromatic rings. The van der Waals surface area contributed by atoms with Gasteiger partial charge in [-0.1, -0.05) is 294 Å². The maximum absolute atomic E-state index is 2.63. The summed E-state index contributed by atoms with van der Waals surface area (Å²) in [5, 5.41) is 0. The second-order valence-electron chi connectivity index (χ2n) is 25.9. The summed E-state index contributed by atoms with van der Waals surface area (Å²) < 4.78 is 0. The minimum absolute atomic E-state index is 0.0461. The van der Waals surface area contributed by atoms with Crippen molar-refractivity contribution in [1.29, 1.82) is 0 Å². The van der Waals surface area contributed by atoms with Crippen molar-refractivity contribution in [3.8, 4) is 11.1 Å². The monoisotopic (exact) mass is 1030 g/mol. The summed E-state index contributed by atoms with van der Waals surface area (Å²) in [6.07, 6.45) is 0. The van der Waals surface area contributed by atoms with E-state index >= 15 is 0 Å². The second kappa shape index (κ2) is 19.9. The van der Waals surface area contributed by atoms with Gasteiger partial charge in [-0.05, 0) is 138 Å². The second-order valence-corrected chi connectivity index (χ2v) is 25.9. The summed E-state index contributed by atoms with van der Waals surface area (Å²) in [5.74, 6) is 2.29. The van der Waals surface area contributed by atoms with Crippen molar-refractivity contribution >= 4 is 63.3 Å². The van der Waals surface area contributed by atoms with Gasteiger partial charge in [0.2, 0.25) is 13.4 Å². The van der Waals surface area contributed by atoms with Crippen molar-refractivity contribution in [2.75, 3.05) is 4.90 Å². The Balaban J connectivity index is 1.10. The lowest BCUT2D eigenvalue weighted by Gasteiger charge is -2.52. The molecule has 9 aromatic carbocycles. The van der Waals surface area contributed by atoms with Crippen LogP contribution in [-0.2, 0) is 10.8 Å². The molecule has 12 rings (SSSR count). The van der Waals surface area contributed by atoms with Gasteiger partial charge in [0.25, 0.3) is 0 Å². The summed E-state index contributed by atoms with van der Waals surface area (Å²) in [5.41, 5.74) is 31.0. The van der Waals surface area contributed by atoms with Crippen LogP contribution in [0.1, 0.15) is 199 Å². The highest BCUT2D eigenvalue weighted by molar-refractivity contribution is 7.11. The Morgan fingerprint density at radius 1 is 0.316 bits per heavy atom. The first-order chi connectivity index (χ1) is 37.9. The van der Waals surface area contributed by atoms with Crippen LogP contribution in [0.4, 0.5) is 17.1 Å². The van der Waals surface area contributed by atoms with E-state index in [0.29, 0.717) is 35.5 Å². The molecule has 1 spiro atoms. The van der Waals surface area contributed by atoms with Crippen LogP contribution in [0, 0.1) is 0 Å². The van der Waals surface area contributed by atoms with E-state index in [-0.39, 0.29) is 18.8 Å². The maximum atomic E-state index is 2.63. The van der Waals surface area contributed by atoms with Crippen molar-refractivity contribution in [1.82, 2.24) is 0 Å². The van der Waals surface area contributed by atoms with E-state index in [1.54, 1.807) is 0 Å². The number of fused-ring (bicyclic) bond motifs is 10. The van der Waals surface area contributed by atoms with E-state index in [4.69, 9.17) is 0 Å². The molecule has 394 valence electrons. The van der Waals surface area contributed by atoms with Crippen LogP contribution in [0.3, 0.4) is 0 Å². The number of benzene rings is 9. The Bertz CT molecular complexity index is 3670. The molecule has 0 bridgehead atoms. The van der Waals surface area contributed by atoms with E-state index in [9.17, 15) is 0 Å². The minimum atomic E-state index is -0.513. The van der Waals surface area contributed by atoms with Crippen LogP contribution in [0.15, 0.2) is 188 Å². The molecule has 0 N–H and O–H groups in total. The highest BCUT2D eigenvalue weighted by Crippen LogP contribution is 2.62. The zero-order valence-electron chi connectivity index (χ0n) is 49.5. The summed E-state index contributed by atoms with van der Waals surface area (Å²) >= 11 is 0. The van der Waals surface area contributed by atoms with E-state index in [0.717, 1.165) is 5.69 Å². The van der Waals surface area contributed by atoms with Gasteiger partial charge in [-0.2, -0.15) is 0 Å². The van der Waals surface area contributed by atoms with Crippen LogP contribution in [0.25, 0.3) is 11.1 Å². The van der Waals surface area contributed by atoms with Gasteiger partial charge in [-0.3, -0.25) is 0 Å². The van der Waals surface area contributed by atoms with Crippen LogP contribution in [0.2, 0.25) is 0 Å². The van der Waals surface area contributed by atoms with Gasteiger partial charge in [0, 0.05) is 11.1 Å². The predicted octanol–water partition coefficient (Wildman–Crippen LogP) is 16.2. The molecule has 0 unspecified atom stereocenters. The minimum Gasteiger partial charge on any atom is -0.310 e. The first kappa shape index (κ1) is 52.6. The zero-order valence-corrected chi connectivity index (χ0v) is 49.5. The predicted molar refractivity (Wildman–Crippen MR) is 344 cm³/mol. The summed E-state index contributed by atoms with van der Waals surface area (Å²) in [4.78, 5) is 2.56. The van der Waals surface area contributed by atoms with Gasteiger partial charge in [0.1, 0.15) is 0 Å². The molecule has 0 atom stereocenters. The fourth-order valence-corrected chi connectivity index (χ4v) is 14.9. The molecule has 1 aliphatic carbocycles. The number of hydrogen-bond donors (Lipinski definition) is 0. The topological polar surface area (TPSA) is 3.24 Å². The SMILES string of the molecule is CC(C)c1cc(C(C)C)c(B2c3ccccc3B(c3c(C(C)C)cc(C(C)C)cc3C(C)C)c3cc(-c4cccc(N5c6ccccc6C6(c7ccccc75)c5ccccc5C(C)(C)c5ccccc56)c4)ccc32)c(C(C)C)c1. The lowest BCUT2D eigenvalue weighted by molar-refractivity contribution is 0.556. The third-order valence-electron chi connectivity index (χ3n) is 18.8.